The molecule has 2 aromatic rings. The molecule has 1 heterocycles. The third kappa shape index (κ3) is 3.68. The first kappa shape index (κ1) is 20.1. The highest BCUT2D eigenvalue weighted by atomic mass is 32.2. The fraction of sp³-hybridized carbons (Fsp3) is 0.286. The lowest BCUT2D eigenvalue weighted by atomic mass is 9.78. The number of rotatable bonds is 4. The maximum absolute atomic E-state index is 13.0. The van der Waals surface area contributed by atoms with Crippen LogP contribution in [0.4, 0.5) is 10.5 Å². The monoisotopic (exact) mass is 427 g/mol. The van der Waals surface area contributed by atoms with E-state index in [0.29, 0.717) is 24.9 Å². The molecular weight excluding hydrogens is 406 g/mol. The van der Waals surface area contributed by atoms with Crippen LogP contribution in [0.1, 0.15) is 17.5 Å². The molecule has 1 aliphatic heterocycles. The number of hydrogen-bond acceptors (Lipinski definition) is 5. The molecule has 0 radical (unpaired) electrons. The molecule has 0 bridgehead atoms. The zero-order chi connectivity index (χ0) is 21.5. The van der Waals surface area contributed by atoms with Gasteiger partial charge >= 0.3 is 6.03 Å². The fourth-order valence-corrected chi connectivity index (χ4v) is 4.60. The van der Waals surface area contributed by atoms with Gasteiger partial charge in [-0.05, 0) is 48.2 Å². The van der Waals surface area contributed by atoms with E-state index >= 15 is 0 Å². The first-order chi connectivity index (χ1) is 14.2. The summed E-state index contributed by atoms with van der Waals surface area (Å²) in [7, 11) is -3.34. The van der Waals surface area contributed by atoms with Crippen LogP contribution in [0.15, 0.2) is 53.4 Å². The molecule has 1 atom stereocenters. The average molecular weight is 427 g/mol. The summed E-state index contributed by atoms with van der Waals surface area (Å²) in [6.45, 7) is -0.415. The van der Waals surface area contributed by atoms with E-state index in [4.69, 9.17) is 0 Å². The number of amides is 4. The maximum Gasteiger partial charge on any atom is 0.325 e. The number of anilines is 1. The van der Waals surface area contributed by atoms with Crippen LogP contribution in [-0.4, -0.2) is 49.5 Å². The van der Waals surface area contributed by atoms with E-state index in [9.17, 15) is 22.8 Å². The summed E-state index contributed by atoms with van der Waals surface area (Å²) in [5.41, 5.74) is 1.55. The van der Waals surface area contributed by atoms with Crippen LogP contribution in [0.5, 0.6) is 0 Å². The van der Waals surface area contributed by atoms with E-state index in [1.165, 1.54) is 29.8 Å². The van der Waals surface area contributed by atoms with Crippen molar-refractivity contribution in [3.05, 3.63) is 59.7 Å². The Labute approximate surface area is 174 Å². The Bertz CT molecular complexity index is 1140. The largest absolute Gasteiger partial charge is 0.325 e. The van der Waals surface area contributed by atoms with Crippen LogP contribution in [0.3, 0.4) is 0 Å². The van der Waals surface area contributed by atoms with Gasteiger partial charge in [0.1, 0.15) is 12.1 Å². The molecule has 1 spiro atoms. The Morgan fingerprint density at radius 1 is 1.10 bits per heavy atom. The predicted molar refractivity (Wildman–Crippen MR) is 110 cm³/mol. The first-order valence-electron chi connectivity index (χ1n) is 9.49. The second-order valence-corrected chi connectivity index (χ2v) is 9.71. The third-order valence-electron chi connectivity index (χ3n) is 5.55. The summed E-state index contributed by atoms with van der Waals surface area (Å²) >= 11 is 0. The smallest absolute Gasteiger partial charge is 0.325 e. The third-order valence-corrected chi connectivity index (χ3v) is 6.67. The molecule has 2 aromatic carbocycles. The molecule has 1 aliphatic carbocycles. The number of nitrogens with zero attached hydrogens (tertiary/aromatic N) is 1. The summed E-state index contributed by atoms with van der Waals surface area (Å²) in [6.07, 6.45) is 2.66. The first-order valence-corrected chi connectivity index (χ1v) is 11.4. The number of carbonyl (C=O) groups is 3. The molecule has 4 amide bonds. The minimum absolute atomic E-state index is 0.133. The number of hydrogen-bond donors (Lipinski definition) is 2. The van der Waals surface area contributed by atoms with Crippen LogP contribution >= 0.6 is 0 Å². The van der Waals surface area contributed by atoms with Crippen LogP contribution in [0.25, 0.3) is 0 Å². The molecular formula is C21H21N3O5S. The van der Waals surface area contributed by atoms with Crippen molar-refractivity contribution in [2.45, 2.75) is 29.7 Å². The summed E-state index contributed by atoms with van der Waals surface area (Å²) in [5, 5.41) is 5.38. The number of nitrogens with one attached hydrogen (secondary N) is 2. The zero-order valence-corrected chi connectivity index (χ0v) is 17.2. The van der Waals surface area contributed by atoms with E-state index < -0.39 is 39.8 Å². The van der Waals surface area contributed by atoms with Crippen LogP contribution in [0.2, 0.25) is 0 Å². The Balaban J connectivity index is 1.44. The lowest BCUT2D eigenvalue weighted by molar-refractivity contribution is -0.134. The van der Waals surface area contributed by atoms with Gasteiger partial charge in [-0.25, -0.2) is 13.2 Å². The Morgan fingerprint density at radius 3 is 2.43 bits per heavy atom. The van der Waals surface area contributed by atoms with E-state index in [0.717, 1.165) is 16.7 Å². The summed E-state index contributed by atoms with van der Waals surface area (Å²) < 4.78 is 23.0. The van der Waals surface area contributed by atoms with Crippen molar-refractivity contribution in [1.82, 2.24) is 10.2 Å². The van der Waals surface area contributed by atoms with Gasteiger partial charge < -0.3 is 10.6 Å². The topological polar surface area (TPSA) is 113 Å². The number of imide groups is 1. The van der Waals surface area contributed by atoms with Gasteiger partial charge in [0.15, 0.2) is 9.84 Å². The van der Waals surface area contributed by atoms with Crippen LogP contribution in [-0.2, 0) is 32.3 Å². The quantitative estimate of drug-likeness (QED) is 0.718. The van der Waals surface area contributed by atoms with Crippen molar-refractivity contribution in [3.8, 4) is 0 Å². The lowest BCUT2D eigenvalue weighted by Gasteiger charge is -2.32. The number of carbonyl (C=O) groups excluding carboxylic acids is 3. The van der Waals surface area contributed by atoms with Crippen LogP contribution in [0, 0.1) is 0 Å². The van der Waals surface area contributed by atoms with Gasteiger partial charge in [-0.2, -0.15) is 0 Å². The van der Waals surface area contributed by atoms with E-state index in [1.54, 1.807) is 0 Å². The molecule has 9 heteroatoms. The predicted octanol–water partition coefficient (Wildman–Crippen LogP) is 1.51. The highest BCUT2D eigenvalue weighted by Gasteiger charge is 2.52. The SMILES string of the molecule is CS(=O)(=O)c1ccc(NC(=O)CN2C(=O)NC3(CCc4ccccc4C3)C2=O)cc1. The minimum atomic E-state index is -3.34. The van der Waals surface area contributed by atoms with Crippen molar-refractivity contribution in [2.75, 3.05) is 18.1 Å². The number of benzene rings is 2. The Hall–Kier alpha value is -3.20. The van der Waals surface area contributed by atoms with Crippen molar-refractivity contribution in [2.24, 2.45) is 0 Å². The molecule has 0 saturated carbocycles. The molecule has 1 unspecified atom stereocenters. The second kappa shape index (κ2) is 7.24. The molecule has 2 aliphatic rings. The van der Waals surface area contributed by atoms with Gasteiger partial charge in [-0.1, -0.05) is 24.3 Å². The van der Waals surface area contributed by atoms with Crippen molar-refractivity contribution in [1.29, 1.82) is 0 Å². The average Bonchev–Trinajstić information content (AvgIpc) is 2.91. The normalized spacial score (nSPS) is 20.8. The van der Waals surface area contributed by atoms with Gasteiger partial charge in [0, 0.05) is 18.4 Å². The van der Waals surface area contributed by atoms with Crippen molar-refractivity contribution >= 4 is 33.4 Å². The molecule has 30 heavy (non-hydrogen) atoms. The van der Waals surface area contributed by atoms with E-state index in [2.05, 4.69) is 10.6 Å². The molecule has 4 rings (SSSR count). The molecule has 1 saturated heterocycles. The maximum atomic E-state index is 13.0. The lowest BCUT2D eigenvalue weighted by Crippen LogP contribution is -2.51. The molecule has 156 valence electrons. The summed E-state index contributed by atoms with van der Waals surface area (Å²) in [4.78, 5) is 39.0. The van der Waals surface area contributed by atoms with E-state index in [1.807, 2.05) is 24.3 Å². The van der Waals surface area contributed by atoms with Gasteiger partial charge in [-0.3, -0.25) is 14.5 Å². The fourth-order valence-electron chi connectivity index (χ4n) is 3.97. The van der Waals surface area contributed by atoms with Gasteiger partial charge in [0.05, 0.1) is 4.90 Å². The molecule has 2 N–H and O–H groups in total. The zero-order valence-electron chi connectivity index (χ0n) is 16.3. The van der Waals surface area contributed by atoms with Crippen molar-refractivity contribution in [3.63, 3.8) is 0 Å². The highest BCUT2D eigenvalue weighted by molar-refractivity contribution is 7.90. The Kier molecular flexibility index (Phi) is 4.85. The Morgan fingerprint density at radius 2 is 1.77 bits per heavy atom. The van der Waals surface area contributed by atoms with Gasteiger partial charge in [-0.15, -0.1) is 0 Å². The standard InChI is InChI=1S/C21H21N3O5S/c1-30(28,29)17-8-6-16(7-9-17)22-18(25)13-24-19(26)21(23-20(24)27)11-10-14-4-2-3-5-15(14)12-21/h2-9H,10-13H2,1H3,(H,22,25)(H,23,27). The molecule has 0 aromatic heterocycles. The number of urea groups is 1. The summed E-state index contributed by atoms with van der Waals surface area (Å²) in [5.74, 6) is -0.941. The number of sulfone groups is 1. The van der Waals surface area contributed by atoms with Crippen LogP contribution < -0.4 is 10.6 Å². The van der Waals surface area contributed by atoms with Gasteiger partial charge in [0.25, 0.3) is 5.91 Å². The molecule has 8 nitrogen and oxygen atoms in total. The number of aryl methyl sites for hydroxylation is 1. The minimum Gasteiger partial charge on any atom is -0.325 e. The molecule has 1 fully saturated rings. The summed E-state index contributed by atoms with van der Waals surface area (Å²) in [6, 6.07) is 12.9. The van der Waals surface area contributed by atoms with Gasteiger partial charge in [0.2, 0.25) is 5.91 Å². The second-order valence-electron chi connectivity index (χ2n) is 7.69. The highest BCUT2D eigenvalue weighted by Crippen LogP contribution is 2.33. The van der Waals surface area contributed by atoms with Crippen molar-refractivity contribution < 1.29 is 22.8 Å². The number of fused-ring (bicyclic) bond motifs is 1. The van der Waals surface area contributed by atoms with E-state index in [-0.39, 0.29) is 4.90 Å².